The van der Waals surface area contributed by atoms with E-state index in [9.17, 15) is 5.11 Å². The fourth-order valence-corrected chi connectivity index (χ4v) is 3.65. The number of aromatic nitrogens is 2. The lowest BCUT2D eigenvalue weighted by molar-refractivity contribution is 0.140. The van der Waals surface area contributed by atoms with Crippen molar-refractivity contribution >= 4 is 16.7 Å². The molecule has 0 spiro atoms. The standard InChI is InChI=1S/C16H22N4OS/c1-19(2)16-17-15(18-22-16)11-20(9-10-21)14-8-7-12-5-3-4-6-13(12)14/h3-6,14,21H,7-11H2,1-2H3. The summed E-state index contributed by atoms with van der Waals surface area (Å²) in [5.41, 5.74) is 2.81. The molecule has 1 aromatic heterocycles. The van der Waals surface area contributed by atoms with E-state index in [1.54, 1.807) is 0 Å². The Morgan fingerprint density at radius 3 is 2.86 bits per heavy atom. The fraction of sp³-hybridized carbons (Fsp3) is 0.500. The number of benzene rings is 1. The molecule has 0 radical (unpaired) electrons. The fourth-order valence-electron chi connectivity index (χ4n) is 3.06. The molecule has 0 amide bonds. The number of anilines is 1. The highest BCUT2D eigenvalue weighted by Crippen LogP contribution is 2.36. The topological polar surface area (TPSA) is 52.5 Å². The van der Waals surface area contributed by atoms with E-state index in [0.717, 1.165) is 23.8 Å². The maximum absolute atomic E-state index is 9.43. The first-order chi connectivity index (χ1) is 10.7. The van der Waals surface area contributed by atoms with E-state index in [-0.39, 0.29) is 6.61 Å². The van der Waals surface area contributed by atoms with E-state index in [1.165, 1.54) is 22.7 Å². The van der Waals surface area contributed by atoms with Gasteiger partial charge in [0.05, 0.1) is 13.2 Å². The zero-order chi connectivity index (χ0) is 15.5. The van der Waals surface area contributed by atoms with Crippen molar-refractivity contribution in [3.05, 3.63) is 41.2 Å². The highest BCUT2D eigenvalue weighted by Gasteiger charge is 2.28. The Labute approximate surface area is 135 Å². The molecule has 118 valence electrons. The Balaban J connectivity index is 1.78. The van der Waals surface area contributed by atoms with Crippen LogP contribution in [0.2, 0.25) is 0 Å². The van der Waals surface area contributed by atoms with Crippen LogP contribution in [0, 0.1) is 0 Å². The molecule has 1 aromatic carbocycles. The van der Waals surface area contributed by atoms with Gasteiger partial charge in [-0.1, -0.05) is 24.3 Å². The van der Waals surface area contributed by atoms with Crippen LogP contribution in [0.25, 0.3) is 0 Å². The van der Waals surface area contributed by atoms with Crippen LogP contribution in [0.15, 0.2) is 24.3 Å². The monoisotopic (exact) mass is 318 g/mol. The number of hydrogen-bond acceptors (Lipinski definition) is 6. The zero-order valence-electron chi connectivity index (χ0n) is 13.1. The van der Waals surface area contributed by atoms with Gasteiger partial charge in [-0.2, -0.15) is 4.37 Å². The van der Waals surface area contributed by atoms with Gasteiger partial charge in [0.15, 0.2) is 5.82 Å². The number of rotatable bonds is 6. The van der Waals surface area contributed by atoms with Gasteiger partial charge in [-0.3, -0.25) is 4.90 Å². The van der Waals surface area contributed by atoms with Gasteiger partial charge in [0.1, 0.15) is 0 Å². The normalized spacial score (nSPS) is 17.0. The van der Waals surface area contributed by atoms with Gasteiger partial charge in [-0.15, -0.1) is 0 Å². The molecule has 22 heavy (non-hydrogen) atoms. The maximum atomic E-state index is 9.43. The summed E-state index contributed by atoms with van der Waals surface area (Å²) in [6, 6.07) is 8.96. The van der Waals surface area contributed by atoms with Gasteiger partial charge in [0.2, 0.25) is 5.13 Å². The molecule has 1 N–H and O–H groups in total. The average Bonchev–Trinajstić information content (AvgIpc) is 3.13. The molecule has 1 heterocycles. The first-order valence-corrected chi connectivity index (χ1v) is 8.39. The average molecular weight is 318 g/mol. The third kappa shape index (κ3) is 3.14. The maximum Gasteiger partial charge on any atom is 0.204 e. The molecule has 1 aliphatic rings. The zero-order valence-corrected chi connectivity index (χ0v) is 13.9. The van der Waals surface area contributed by atoms with Crippen LogP contribution in [0.5, 0.6) is 0 Å². The lowest BCUT2D eigenvalue weighted by Crippen LogP contribution is -2.30. The van der Waals surface area contributed by atoms with Crippen molar-refractivity contribution in [1.82, 2.24) is 14.3 Å². The smallest absolute Gasteiger partial charge is 0.204 e. The van der Waals surface area contributed by atoms with Gasteiger partial charge in [-0.25, -0.2) is 4.98 Å². The highest BCUT2D eigenvalue weighted by molar-refractivity contribution is 7.09. The minimum atomic E-state index is 0.156. The second-order valence-corrected chi connectivity index (χ2v) is 6.57. The van der Waals surface area contributed by atoms with Crippen molar-refractivity contribution in [1.29, 1.82) is 0 Å². The van der Waals surface area contributed by atoms with E-state index in [4.69, 9.17) is 0 Å². The summed E-state index contributed by atoms with van der Waals surface area (Å²) in [6.45, 7) is 1.49. The summed E-state index contributed by atoms with van der Waals surface area (Å²) in [5, 5.41) is 10.4. The van der Waals surface area contributed by atoms with Gasteiger partial charge < -0.3 is 10.0 Å². The van der Waals surface area contributed by atoms with Crippen LogP contribution in [-0.2, 0) is 13.0 Å². The molecule has 5 nitrogen and oxygen atoms in total. The molecule has 2 aromatic rings. The minimum Gasteiger partial charge on any atom is -0.395 e. The summed E-state index contributed by atoms with van der Waals surface area (Å²) in [4.78, 5) is 8.84. The first-order valence-electron chi connectivity index (χ1n) is 7.61. The summed E-state index contributed by atoms with van der Waals surface area (Å²) >= 11 is 1.42. The summed E-state index contributed by atoms with van der Waals surface area (Å²) in [7, 11) is 3.95. The number of nitrogens with zero attached hydrogens (tertiary/aromatic N) is 4. The van der Waals surface area contributed by atoms with Crippen LogP contribution >= 0.6 is 11.5 Å². The molecule has 0 saturated carbocycles. The molecule has 0 saturated heterocycles. The van der Waals surface area contributed by atoms with Crippen molar-refractivity contribution < 1.29 is 5.11 Å². The second-order valence-electron chi connectivity index (χ2n) is 5.83. The quantitative estimate of drug-likeness (QED) is 0.884. The first kappa shape index (κ1) is 15.4. The molecule has 3 rings (SSSR count). The Morgan fingerprint density at radius 2 is 2.14 bits per heavy atom. The lowest BCUT2D eigenvalue weighted by atomic mass is 10.1. The van der Waals surface area contributed by atoms with Gasteiger partial charge >= 0.3 is 0 Å². The van der Waals surface area contributed by atoms with E-state index in [0.29, 0.717) is 19.1 Å². The van der Waals surface area contributed by atoms with Crippen LogP contribution in [0.3, 0.4) is 0 Å². The van der Waals surface area contributed by atoms with Crippen LogP contribution in [0.1, 0.15) is 29.4 Å². The Bertz CT molecular complexity index is 628. The molecule has 1 aliphatic carbocycles. The van der Waals surface area contributed by atoms with E-state index in [1.807, 2.05) is 19.0 Å². The SMILES string of the molecule is CN(C)c1nc(CN(CCO)C2CCc3ccccc32)ns1. The Kier molecular flexibility index (Phi) is 4.71. The lowest BCUT2D eigenvalue weighted by Gasteiger charge is -2.27. The molecule has 6 heteroatoms. The summed E-state index contributed by atoms with van der Waals surface area (Å²) < 4.78 is 4.45. The number of fused-ring (bicyclic) bond motifs is 1. The van der Waals surface area contributed by atoms with Crippen LogP contribution < -0.4 is 4.90 Å². The predicted molar refractivity (Wildman–Crippen MR) is 89.2 cm³/mol. The van der Waals surface area contributed by atoms with E-state index >= 15 is 0 Å². The number of aliphatic hydroxyl groups is 1. The second kappa shape index (κ2) is 6.73. The van der Waals surface area contributed by atoms with E-state index in [2.05, 4.69) is 38.5 Å². The number of aryl methyl sites for hydroxylation is 1. The predicted octanol–water partition coefficient (Wildman–Crippen LogP) is 2.09. The molecule has 0 fully saturated rings. The van der Waals surface area contributed by atoms with Crippen molar-refractivity contribution in [2.24, 2.45) is 0 Å². The largest absolute Gasteiger partial charge is 0.395 e. The third-order valence-corrected chi connectivity index (χ3v) is 5.04. The minimum absolute atomic E-state index is 0.156. The van der Waals surface area contributed by atoms with Crippen LogP contribution in [0.4, 0.5) is 5.13 Å². The Hall–Kier alpha value is -1.50. The van der Waals surface area contributed by atoms with Crippen LogP contribution in [-0.4, -0.2) is 46.6 Å². The van der Waals surface area contributed by atoms with Crippen molar-refractivity contribution in [2.75, 3.05) is 32.1 Å². The third-order valence-electron chi connectivity index (χ3n) is 4.11. The van der Waals surface area contributed by atoms with Crippen molar-refractivity contribution in [2.45, 2.75) is 25.4 Å². The molecular formula is C16H22N4OS. The number of aliphatic hydroxyl groups excluding tert-OH is 1. The summed E-state index contributed by atoms with van der Waals surface area (Å²) in [6.07, 6.45) is 2.21. The molecule has 0 bridgehead atoms. The summed E-state index contributed by atoms with van der Waals surface area (Å²) in [5.74, 6) is 0.839. The molecule has 1 atom stereocenters. The van der Waals surface area contributed by atoms with Crippen molar-refractivity contribution in [3.8, 4) is 0 Å². The van der Waals surface area contributed by atoms with Gasteiger partial charge in [-0.05, 0) is 24.0 Å². The highest BCUT2D eigenvalue weighted by atomic mass is 32.1. The van der Waals surface area contributed by atoms with Gasteiger partial charge in [0, 0.05) is 38.2 Å². The van der Waals surface area contributed by atoms with Gasteiger partial charge in [0.25, 0.3) is 0 Å². The molecule has 1 unspecified atom stereocenters. The molecular weight excluding hydrogens is 296 g/mol. The molecule has 0 aliphatic heterocycles. The van der Waals surface area contributed by atoms with Crippen molar-refractivity contribution in [3.63, 3.8) is 0 Å². The Morgan fingerprint density at radius 1 is 1.32 bits per heavy atom. The number of hydrogen-bond donors (Lipinski definition) is 1. The van der Waals surface area contributed by atoms with E-state index < -0.39 is 0 Å².